The molecule has 0 aliphatic carbocycles. The number of para-hydroxylation sites is 2. The number of fused-ring (bicyclic) bond motifs is 1. The average molecular weight is 399 g/mol. The molecule has 29 heavy (non-hydrogen) atoms. The molecule has 7 nitrogen and oxygen atoms in total. The lowest BCUT2D eigenvalue weighted by Crippen LogP contribution is -2.42. The molecule has 1 heterocycles. The maximum atomic E-state index is 11.5. The summed E-state index contributed by atoms with van der Waals surface area (Å²) in [5.74, 6) is 1.24. The van der Waals surface area contributed by atoms with Crippen molar-refractivity contribution >= 4 is 11.7 Å². The highest BCUT2D eigenvalue weighted by Crippen LogP contribution is 2.44. The highest BCUT2D eigenvalue weighted by molar-refractivity contribution is 5.72. The van der Waals surface area contributed by atoms with Crippen LogP contribution in [-0.2, 0) is 11.2 Å². The zero-order chi connectivity index (χ0) is 21.3. The summed E-state index contributed by atoms with van der Waals surface area (Å²) < 4.78 is 17.6. The van der Waals surface area contributed by atoms with Gasteiger partial charge < -0.3 is 14.2 Å². The minimum atomic E-state index is -0.636. The van der Waals surface area contributed by atoms with E-state index in [0.717, 1.165) is 34.4 Å². The molecule has 0 N–H and O–H groups in total. The Labute approximate surface area is 169 Å². The van der Waals surface area contributed by atoms with E-state index in [1.807, 2.05) is 27.7 Å². The number of nitrogens with zero attached hydrogens (tertiary/aromatic N) is 1. The van der Waals surface area contributed by atoms with Crippen molar-refractivity contribution in [3.05, 3.63) is 56.6 Å². The number of nitro groups is 1. The third-order valence-corrected chi connectivity index (χ3v) is 5.40. The van der Waals surface area contributed by atoms with E-state index in [4.69, 9.17) is 14.2 Å². The second-order valence-electron chi connectivity index (χ2n) is 7.67. The first-order valence-corrected chi connectivity index (χ1v) is 9.49. The molecule has 1 unspecified atom stereocenters. The van der Waals surface area contributed by atoms with Crippen molar-refractivity contribution in [3.8, 4) is 17.2 Å². The van der Waals surface area contributed by atoms with Crippen molar-refractivity contribution in [2.75, 3.05) is 6.61 Å². The summed E-state index contributed by atoms with van der Waals surface area (Å²) >= 11 is 0. The van der Waals surface area contributed by atoms with Gasteiger partial charge in [-0.1, -0.05) is 12.1 Å². The van der Waals surface area contributed by atoms with Gasteiger partial charge in [0.2, 0.25) is 0 Å². The number of rotatable bonds is 5. The van der Waals surface area contributed by atoms with Crippen LogP contribution in [0.3, 0.4) is 0 Å². The summed E-state index contributed by atoms with van der Waals surface area (Å²) in [6.45, 7) is 9.28. The highest BCUT2D eigenvalue weighted by atomic mass is 16.6. The Morgan fingerprint density at radius 2 is 1.90 bits per heavy atom. The molecule has 2 aromatic carbocycles. The molecule has 0 aromatic heterocycles. The number of nitro benzene ring substituents is 1. The minimum Gasteiger partial charge on any atom is -0.483 e. The highest BCUT2D eigenvalue weighted by Gasteiger charge is 2.36. The van der Waals surface area contributed by atoms with Crippen molar-refractivity contribution in [2.24, 2.45) is 0 Å². The standard InChI is InChI=1S/C22H25NO6/c1-13-14(2)21-17(15(3)20(13)28-16(4)24)10-11-22(5,29-21)12-27-19-9-7-6-8-18(19)23(25)26/h6-9H,10-12H2,1-5H3. The zero-order valence-corrected chi connectivity index (χ0v) is 17.3. The van der Waals surface area contributed by atoms with Gasteiger partial charge in [-0.25, -0.2) is 0 Å². The van der Waals surface area contributed by atoms with Crippen LogP contribution in [-0.4, -0.2) is 23.1 Å². The second kappa shape index (κ2) is 7.73. The molecule has 0 bridgehead atoms. The van der Waals surface area contributed by atoms with Crippen LogP contribution in [0, 0.1) is 30.9 Å². The first kappa shape index (κ1) is 20.6. The predicted octanol–water partition coefficient (Wildman–Crippen LogP) is 4.61. The molecule has 0 radical (unpaired) electrons. The molecule has 0 saturated heterocycles. The quantitative estimate of drug-likeness (QED) is 0.316. The van der Waals surface area contributed by atoms with E-state index in [0.29, 0.717) is 12.2 Å². The molecule has 0 amide bonds. The van der Waals surface area contributed by atoms with E-state index in [1.165, 1.54) is 13.0 Å². The molecule has 2 aromatic rings. The van der Waals surface area contributed by atoms with Crippen LogP contribution in [0.1, 0.15) is 42.5 Å². The molecular formula is C22H25NO6. The van der Waals surface area contributed by atoms with E-state index < -0.39 is 10.5 Å². The maximum Gasteiger partial charge on any atom is 0.310 e. The van der Waals surface area contributed by atoms with Gasteiger partial charge in [0.05, 0.1) is 4.92 Å². The average Bonchev–Trinajstić information content (AvgIpc) is 2.68. The molecule has 0 fully saturated rings. The van der Waals surface area contributed by atoms with Crippen LogP contribution in [0.25, 0.3) is 0 Å². The molecule has 1 atom stereocenters. The lowest BCUT2D eigenvalue weighted by atomic mass is 9.87. The van der Waals surface area contributed by atoms with Gasteiger partial charge in [0.15, 0.2) is 5.75 Å². The fraction of sp³-hybridized carbons (Fsp3) is 0.409. The van der Waals surface area contributed by atoms with Gasteiger partial charge >= 0.3 is 11.7 Å². The number of benzene rings is 2. The van der Waals surface area contributed by atoms with E-state index in [-0.39, 0.29) is 24.0 Å². The van der Waals surface area contributed by atoms with Gasteiger partial charge in [-0.05, 0) is 63.3 Å². The topological polar surface area (TPSA) is 87.9 Å². The van der Waals surface area contributed by atoms with Crippen LogP contribution >= 0.6 is 0 Å². The Morgan fingerprint density at radius 3 is 2.55 bits per heavy atom. The number of esters is 1. The van der Waals surface area contributed by atoms with Gasteiger partial charge in [0, 0.05) is 18.6 Å². The summed E-state index contributed by atoms with van der Waals surface area (Å²) in [5, 5.41) is 11.2. The molecule has 1 aliphatic rings. The lowest BCUT2D eigenvalue weighted by molar-refractivity contribution is -0.386. The summed E-state index contributed by atoms with van der Waals surface area (Å²) in [4.78, 5) is 22.2. The van der Waals surface area contributed by atoms with Crippen LogP contribution in [0.2, 0.25) is 0 Å². The smallest absolute Gasteiger partial charge is 0.310 e. The Bertz CT molecular complexity index is 984. The summed E-state index contributed by atoms with van der Waals surface area (Å²) in [5.41, 5.74) is 3.00. The van der Waals surface area contributed by atoms with Crippen molar-refractivity contribution in [2.45, 2.75) is 53.1 Å². The summed E-state index contributed by atoms with van der Waals surface area (Å²) in [6.07, 6.45) is 1.40. The maximum absolute atomic E-state index is 11.5. The largest absolute Gasteiger partial charge is 0.483 e. The van der Waals surface area contributed by atoms with Gasteiger partial charge in [-0.15, -0.1) is 0 Å². The van der Waals surface area contributed by atoms with E-state index in [2.05, 4.69) is 0 Å². The summed E-state index contributed by atoms with van der Waals surface area (Å²) in [7, 11) is 0. The van der Waals surface area contributed by atoms with Gasteiger partial charge in [-0.3, -0.25) is 14.9 Å². The first-order valence-electron chi connectivity index (χ1n) is 9.49. The lowest BCUT2D eigenvalue weighted by Gasteiger charge is -2.37. The van der Waals surface area contributed by atoms with Crippen molar-refractivity contribution in [3.63, 3.8) is 0 Å². The number of carbonyl (C=O) groups excluding carboxylic acids is 1. The minimum absolute atomic E-state index is 0.0683. The van der Waals surface area contributed by atoms with Crippen LogP contribution in [0.15, 0.2) is 24.3 Å². The molecule has 1 aliphatic heterocycles. The third kappa shape index (κ3) is 4.04. The number of hydrogen-bond acceptors (Lipinski definition) is 6. The summed E-state index contributed by atoms with van der Waals surface area (Å²) in [6, 6.07) is 6.32. The Balaban J connectivity index is 1.87. The fourth-order valence-electron chi connectivity index (χ4n) is 3.64. The van der Waals surface area contributed by atoms with Crippen molar-refractivity contribution in [1.82, 2.24) is 0 Å². The van der Waals surface area contributed by atoms with Gasteiger partial charge in [-0.2, -0.15) is 0 Å². The van der Waals surface area contributed by atoms with Gasteiger partial charge in [0.25, 0.3) is 0 Å². The van der Waals surface area contributed by atoms with Crippen molar-refractivity contribution < 1.29 is 23.9 Å². The van der Waals surface area contributed by atoms with Gasteiger partial charge in [0.1, 0.15) is 23.7 Å². The molecule has 0 spiro atoms. The fourth-order valence-corrected chi connectivity index (χ4v) is 3.64. The number of ether oxygens (including phenoxy) is 3. The van der Waals surface area contributed by atoms with E-state index in [1.54, 1.807) is 18.2 Å². The Morgan fingerprint density at radius 1 is 1.21 bits per heavy atom. The number of hydrogen-bond donors (Lipinski definition) is 0. The Kier molecular flexibility index (Phi) is 5.50. The molecule has 154 valence electrons. The zero-order valence-electron chi connectivity index (χ0n) is 17.3. The van der Waals surface area contributed by atoms with Crippen LogP contribution in [0.4, 0.5) is 5.69 Å². The normalized spacial score (nSPS) is 17.8. The first-order chi connectivity index (χ1) is 13.6. The molecule has 0 saturated carbocycles. The van der Waals surface area contributed by atoms with E-state index >= 15 is 0 Å². The molecular weight excluding hydrogens is 374 g/mol. The SMILES string of the molecule is CC(=O)Oc1c(C)c(C)c2c(c1C)CCC(C)(COc1ccccc1[N+](=O)[O-])O2. The van der Waals surface area contributed by atoms with Crippen LogP contribution < -0.4 is 14.2 Å². The monoisotopic (exact) mass is 399 g/mol. The predicted molar refractivity (Wildman–Crippen MR) is 108 cm³/mol. The third-order valence-electron chi connectivity index (χ3n) is 5.40. The van der Waals surface area contributed by atoms with Crippen LogP contribution in [0.5, 0.6) is 17.2 Å². The molecule has 7 heteroatoms. The van der Waals surface area contributed by atoms with E-state index in [9.17, 15) is 14.9 Å². The molecule has 3 rings (SSSR count). The Hall–Kier alpha value is -3.09. The number of carbonyl (C=O) groups is 1. The second-order valence-corrected chi connectivity index (χ2v) is 7.67. The van der Waals surface area contributed by atoms with Crippen molar-refractivity contribution in [1.29, 1.82) is 0 Å².